The van der Waals surface area contributed by atoms with E-state index in [9.17, 15) is 9.59 Å². The number of carbonyl (C=O) groups excluding carboxylic acids is 1. The zero-order chi connectivity index (χ0) is 18.8. The fourth-order valence-corrected chi connectivity index (χ4v) is 3.16. The second kappa shape index (κ2) is 7.28. The van der Waals surface area contributed by atoms with E-state index in [1.807, 2.05) is 0 Å². The maximum absolute atomic E-state index is 12.4. The number of aromatic nitrogens is 2. The van der Waals surface area contributed by atoms with Gasteiger partial charge < -0.3 is 14.2 Å². The highest BCUT2D eigenvalue weighted by atomic mass is 35.5. The Morgan fingerprint density at radius 1 is 1.00 bits per heavy atom. The number of halogens is 1. The maximum Gasteiger partial charge on any atom is 0.289 e. The van der Waals surface area contributed by atoms with Crippen LogP contribution in [0, 0.1) is 0 Å². The van der Waals surface area contributed by atoms with E-state index in [0.29, 0.717) is 48.5 Å². The van der Waals surface area contributed by atoms with Crippen LogP contribution in [0.5, 0.6) is 0 Å². The molecule has 2 aromatic heterocycles. The normalized spacial score (nSPS) is 14.4. The number of hydrogen-bond donors (Lipinski definition) is 0. The van der Waals surface area contributed by atoms with Crippen molar-refractivity contribution in [1.82, 2.24) is 14.7 Å². The summed E-state index contributed by atoms with van der Waals surface area (Å²) < 4.78 is 6.53. The van der Waals surface area contributed by atoms with Crippen LogP contribution in [0.3, 0.4) is 0 Å². The van der Waals surface area contributed by atoms with E-state index in [4.69, 9.17) is 16.0 Å². The number of piperazine rings is 1. The molecule has 0 spiro atoms. The molecule has 4 rings (SSSR count). The van der Waals surface area contributed by atoms with Gasteiger partial charge in [0.05, 0.1) is 12.0 Å². The topological polar surface area (TPSA) is 71.6 Å². The first-order valence-electron chi connectivity index (χ1n) is 8.56. The molecule has 3 aromatic rings. The average molecular weight is 385 g/mol. The molecule has 1 aliphatic rings. The first-order chi connectivity index (χ1) is 13.1. The van der Waals surface area contributed by atoms with Crippen molar-refractivity contribution in [3.63, 3.8) is 0 Å². The summed E-state index contributed by atoms with van der Waals surface area (Å²) in [5.41, 5.74) is 0.436. The van der Waals surface area contributed by atoms with Crippen LogP contribution >= 0.6 is 11.6 Å². The summed E-state index contributed by atoms with van der Waals surface area (Å²) >= 11 is 5.91. The monoisotopic (exact) mass is 384 g/mol. The third kappa shape index (κ3) is 3.59. The molecule has 7 nitrogen and oxygen atoms in total. The van der Waals surface area contributed by atoms with E-state index in [1.54, 1.807) is 47.4 Å². The van der Waals surface area contributed by atoms with E-state index in [-0.39, 0.29) is 11.5 Å². The minimum Gasteiger partial charge on any atom is -0.459 e. The summed E-state index contributed by atoms with van der Waals surface area (Å²) in [6, 6.07) is 13.5. The van der Waals surface area contributed by atoms with Gasteiger partial charge in [0.2, 0.25) is 0 Å². The van der Waals surface area contributed by atoms with Crippen molar-refractivity contribution >= 4 is 23.3 Å². The standard InChI is InChI=1S/C19H17ClN4O3/c20-14-3-5-15(6-4-14)24-18(25)8-7-17(21-24)22-9-11-23(12-10-22)19(26)16-2-1-13-27-16/h1-8,13H,9-12H2. The van der Waals surface area contributed by atoms with Gasteiger partial charge in [0.1, 0.15) is 5.82 Å². The van der Waals surface area contributed by atoms with Gasteiger partial charge in [0.15, 0.2) is 5.76 Å². The minimum atomic E-state index is -0.215. The van der Waals surface area contributed by atoms with Gasteiger partial charge in [-0.1, -0.05) is 11.6 Å². The Kier molecular flexibility index (Phi) is 4.68. The van der Waals surface area contributed by atoms with Crippen LogP contribution in [0.2, 0.25) is 5.02 Å². The highest BCUT2D eigenvalue weighted by molar-refractivity contribution is 6.30. The molecule has 3 heterocycles. The zero-order valence-corrected chi connectivity index (χ0v) is 15.2. The van der Waals surface area contributed by atoms with Gasteiger partial charge in [-0.3, -0.25) is 9.59 Å². The van der Waals surface area contributed by atoms with Crippen LogP contribution in [0.4, 0.5) is 5.82 Å². The van der Waals surface area contributed by atoms with Gasteiger partial charge in [0.25, 0.3) is 11.5 Å². The summed E-state index contributed by atoms with van der Waals surface area (Å²) in [6.07, 6.45) is 1.49. The Bertz CT molecular complexity index is 991. The van der Waals surface area contributed by atoms with E-state index in [1.165, 1.54) is 17.0 Å². The van der Waals surface area contributed by atoms with Crippen molar-refractivity contribution in [2.75, 3.05) is 31.1 Å². The summed E-state index contributed by atoms with van der Waals surface area (Å²) in [6.45, 7) is 2.36. The van der Waals surface area contributed by atoms with Crippen molar-refractivity contribution < 1.29 is 9.21 Å². The van der Waals surface area contributed by atoms with Gasteiger partial charge in [-0.05, 0) is 42.5 Å². The van der Waals surface area contributed by atoms with Crippen LogP contribution in [-0.2, 0) is 0 Å². The first kappa shape index (κ1) is 17.4. The fraction of sp³-hybridized carbons (Fsp3) is 0.211. The summed E-state index contributed by atoms with van der Waals surface area (Å²) in [4.78, 5) is 28.4. The first-order valence-corrected chi connectivity index (χ1v) is 8.94. The molecule has 0 aliphatic carbocycles. The SMILES string of the molecule is O=C(c1ccco1)N1CCN(c2ccc(=O)n(-c3ccc(Cl)cc3)n2)CC1. The summed E-state index contributed by atoms with van der Waals surface area (Å²) in [5, 5.41) is 5.08. The number of nitrogens with zero attached hydrogens (tertiary/aromatic N) is 4. The molecule has 0 radical (unpaired) electrons. The Balaban J connectivity index is 1.50. The molecule has 1 aliphatic heterocycles. The summed E-state index contributed by atoms with van der Waals surface area (Å²) in [5.74, 6) is 0.922. The second-order valence-electron chi connectivity index (χ2n) is 6.17. The highest BCUT2D eigenvalue weighted by Gasteiger charge is 2.24. The molecule has 0 saturated carbocycles. The van der Waals surface area contributed by atoms with Crippen LogP contribution in [0.15, 0.2) is 64.0 Å². The molecule has 27 heavy (non-hydrogen) atoms. The number of furan rings is 1. The molecular formula is C19H17ClN4O3. The van der Waals surface area contributed by atoms with Gasteiger partial charge in [0, 0.05) is 37.3 Å². The van der Waals surface area contributed by atoms with Gasteiger partial charge in [-0.25, -0.2) is 0 Å². The third-order valence-corrected chi connectivity index (χ3v) is 4.73. The number of rotatable bonds is 3. The molecule has 0 N–H and O–H groups in total. The lowest BCUT2D eigenvalue weighted by molar-refractivity contribution is 0.0714. The molecule has 138 valence electrons. The predicted octanol–water partition coefficient (Wildman–Crippen LogP) is 2.44. The molecule has 1 fully saturated rings. The maximum atomic E-state index is 12.4. The lowest BCUT2D eigenvalue weighted by Crippen LogP contribution is -2.49. The molecule has 1 saturated heterocycles. The van der Waals surface area contributed by atoms with E-state index >= 15 is 0 Å². The molecule has 8 heteroatoms. The quantitative estimate of drug-likeness (QED) is 0.693. The van der Waals surface area contributed by atoms with Gasteiger partial charge >= 0.3 is 0 Å². The Morgan fingerprint density at radius 3 is 2.41 bits per heavy atom. The van der Waals surface area contributed by atoms with Crippen molar-refractivity contribution in [2.45, 2.75) is 0 Å². The molecule has 1 aromatic carbocycles. The largest absolute Gasteiger partial charge is 0.459 e. The van der Waals surface area contributed by atoms with E-state index in [2.05, 4.69) is 10.00 Å². The number of benzene rings is 1. The van der Waals surface area contributed by atoms with Gasteiger partial charge in [-0.15, -0.1) is 5.10 Å². The number of carbonyl (C=O) groups is 1. The Morgan fingerprint density at radius 2 is 1.74 bits per heavy atom. The fourth-order valence-electron chi connectivity index (χ4n) is 3.03. The highest BCUT2D eigenvalue weighted by Crippen LogP contribution is 2.16. The predicted molar refractivity (Wildman–Crippen MR) is 102 cm³/mol. The molecule has 0 unspecified atom stereocenters. The molecular weight excluding hydrogens is 368 g/mol. The number of hydrogen-bond acceptors (Lipinski definition) is 5. The molecule has 0 atom stereocenters. The Labute approximate surface area is 160 Å². The zero-order valence-electron chi connectivity index (χ0n) is 14.4. The van der Waals surface area contributed by atoms with Crippen LogP contribution in [0.25, 0.3) is 5.69 Å². The van der Waals surface area contributed by atoms with Crippen molar-refractivity contribution in [1.29, 1.82) is 0 Å². The minimum absolute atomic E-state index is 0.112. The van der Waals surface area contributed by atoms with Crippen molar-refractivity contribution in [2.24, 2.45) is 0 Å². The van der Waals surface area contributed by atoms with E-state index in [0.717, 1.165) is 0 Å². The lowest BCUT2D eigenvalue weighted by Gasteiger charge is -2.35. The molecule has 0 bridgehead atoms. The van der Waals surface area contributed by atoms with E-state index < -0.39 is 0 Å². The number of anilines is 1. The van der Waals surface area contributed by atoms with Crippen molar-refractivity contribution in [3.8, 4) is 5.69 Å². The second-order valence-corrected chi connectivity index (χ2v) is 6.61. The van der Waals surface area contributed by atoms with Crippen LogP contribution in [0.1, 0.15) is 10.6 Å². The third-order valence-electron chi connectivity index (χ3n) is 4.48. The van der Waals surface area contributed by atoms with Crippen LogP contribution < -0.4 is 10.5 Å². The smallest absolute Gasteiger partial charge is 0.289 e. The summed E-state index contributed by atoms with van der Waals surface area (Å²) in [7, 11) is 0. The Hall–Kier alpha value is -3.06. The van der Waals surface area contributed by atoms with Crippen LogP contribution in [-0.4, -0.2) is 46.8 Å². The lowest BCUT2D eigenvalue weighted by atomic mass is 10.2. The van der Waals surface area contributed by atoms with Crippen molar-refractivity contribution in [3.05, 3.63) is 75.9 Å². The molecule has 1 amide bonds. The number of amides is 1. The van der Waals surface area contributed by atoms with Gasteiger partial charge in [-0.2, -0.15) is 4.68 Å². The average Bonchev–Trinajstić information content (AvgIpc) is 3.24.